The van der Waals surface area contributed by atoms with Crippen LogP contribution >= 0.6 is 23.2 Å². The van der Waals surface area contributed by atoms with Crippen molar-refractivity contribution in [3.63, 3.8) is 0 Å². The molecule has 0 atom stereocenters. The van der Waals surface area contributed by atoms with Crippen LogP contribution in [0, 0.1) is 11.7 Å². The molecule has 0 radical (unpaired) electrons. The van der Waals surface area contributed by atoms with E-state index >= 15 is 0 Å². The minimum absolute atomic E-state index is 0.00698. The molecule has 7 nitrogen and oxygen atoms in total. The fraction of sp³-hybridized carbons (Fsp3) is 0.300. The summed E-state index contributed by atoms with van der Waals surface area (Å²) < 4.78 is 44.6. The number of ether oxygens (including phenoxy) is 1. The number of carbonyl (C=O) groups excluding carboxylic acids is 2. The number of nitrogens with one attached hydrogen (secondary N) is 1. The predicted molar refractivity (Wildman–Crippen MR) is 114 cm³/mol. The normalized spacial score (nSPS) is 15.5. The summed E-state index contributed by atoms with van der Waals surface area (Å²) in [7, 11) is -3.77. The molecule has 166 valence electrons. The number of piperidine rings is 1. The highest BCUT2D eigenvalue weighted by molar-refractivity contribution is 7.89. The van der Waals surface area contributed by atoms with E-state index in [9.17, 15) is 22.4 Å². The third kappa shape index (κ3) is 5.94. The minimum atomic E-state index is -3.77. The number of esters is 1. The Morgan fingerprint density at radius 1 is 1.10 bits per heavy atom. The standard InChI is InChI=1S/C20H19Cl2FN2O5S/c21-14-1-6-18(17(22)11-14)24-19(26)12-30-20(27)13-7-9-25(10-8-13)31(28,29)16-4-2-15(23)3-5-16/h1-6,11,13H,7-10,12H2,(H,24,26). The molecule has 1 heterocycles. The Morgan fingerprint density at radius 3 is 2.35 bits per heavy atom. The van der Waals surface area contributed by atoms with Crippen molar-refractivity contribution in [3.05, 3.63) is 58.3 Å². The quantitative estimate of drug-likeness (QED) is 0.625. The summed E-state index contributed by atoms with van der Waals surface area (Å²) in [6, 6.07) is 9.13. The Morgan fingerprint density at radius 2 is 1.74 bits per heavy atom. The Labute approximate surface area is 189 Å². The molecule has 3 rings (SSSR count). The Hall–Kier alpha value is -2.20. The molecule has 0 bridgehead atoms. The summed E-state index contributed by atoms with van der Waals surface area (Å²) in [6.45, 7) is -0.260. The number of halogens is 3. The van der Waals surface area contributed by atoms with Gasteiger partial charge in [-0.05, 0) is 55.3 Å². The van der Waals surface area contributed by atoms with Gasteiger partial charge in [0.05, 0.1) is 21.5 Å². The van der Waals surface area contributed by atoms with Gasteiger partial charge in [-0.3, -0.25) is 9.59 Å². The molecule has 0 aromatic heterocycles. The van der Waals surface area contributed by atoms with E-state index < -0.39 is 40.2 Å². The van der Waals surface area contributed by atoms with Crippen LogP contribution in [0.4, 0.5) is 10.1 Å². The van der Waals surface area contributed by atoms with E-state index in [1.54, 1.807) is 6.07 Å². The molecule has 0 spiro atoms. The zero-order valence-corrected chi connectivity index (χ0v) is 18.5. The number of benzene rings is 2. The zero-order chi connectivity index (χ0) is 22.6. The lowest BCUT2D eigenvalue weighted by Crippen LogP contribution is -2.40. The summed E-state index contributed by atoms with van der Waals surface area (Å²) in [6.07, 6.45) is 0.508. The van der Waals surface area contributed by atoms with Crippen LogP contribution in [0.15, 0.2) is 47.4 Å². The molecule has 31 heavy (non-hydrogen) atoms. The lowest BCUT2D eigenvalue weighted by molar-refractivity contribution is -0.152. The van der Waals surface area contributed by atoms with Gasteiger partial charge in [0.25, 0.3) is 5.91 Å². The number of anilines is 1. The smallest absolute Gasteiger partial charge is 0.309 e. The van der Waals surface area contributed by atoms with E-state index in [0.717, 1.165) is 12.1 Å². The van der Waals surface area contributed by atoms with E-state index in [1.165, 1.54) is 28.6 Å². The van der Waals surface area contributed by atoms with Crippen LogP contribution in [0.2, 0.25) is 10.0 Å². The number of rotatable bonds is 6. The van der Waals surface area contributed by atoms with Crippen LogP contribution in [0.1, 0.15) is 12.8 Å². The van der Waals surface area contributed by atoms with Gasteiger partial charge in [-0.25, -0.2) is 12.8 Å². The van der Waals surface area contributed by atoms with Crippen LogP contribution in [0.5, 0.6) is 0 Å². The topological polar surface area (TPSA) is 92.8 Å². The third-order valence-corrected chi connectivity index (χ3v) is 7.25. The molecule has 1 amide bonds. The first-order valence-corrected chi connectivity index (χ1v) is 11.5. The van der Waals surface area contributed by atoms with E-state index in [1.807, 2.05) is 0 Å². The van der Waals surface area contributed by atoms with Crippen LogP contribution in [0.3, 0.4) is 0 Å². The largest absolute Gasteiger partial charge is 0.455 e. The molecule has 1 aliphatic rings. The number of hydrogen-bond acceptors (Lipinski definition) is 5. The van der Waals surface area contributed by atoms with Crippen molar-refractivity contribution in [1.29, 1.82) is 0 Å². The summed E-state index contributed by atoms with van der Waals surface area (Å²) in [5.41, 5.74) is 0.339. The molecule has 1 fully saturated rings. The maximum Gasteiger partial charge on any atom is 0.309 e. The van der Waals surface area contributed by atoms with E-state index in [2.05, 4.69) is 5.32 Å². The molecule has 11 heteroatoms. The van der Waals surface area contributed by atoms with E-state index in [0.29, 0.717) is 10.7 Å². The molecule has 1 saturated heterocycles. The molecular weight excluding hydrogens is 470 g/mol. The summed E-state index contributed by atoms with van der Waals surface area (Å²) >= 11 is 11.8. The molecule has 2 aromatic carbocycles. The lowest BCUT2D eigenvalue weighted by atomic mass is 9.98. The van der Waals surface area contributed by atoms with Crippen molar-refractivity contribution < 1.29 is 27.1 Å². The Kier molecular flexibility index (Phi) is 7.53. The fourth-order valence-electron chi connectivity index (χ4n) is 3.12. The van der Waals surface area contributed by atoms with Crippen LogP contribution in [0.25, 0.3) is 0 Å². The average molecular weight is 489 g/mol. The zero-order valence-electron chi connectivity index (χ0n) is 16.2. The monoisotopic (exact) mass is 488 g/mol. The van der Waals surface area contributed by atoms with Gasteiger partial charge in [0.2, 0.25) is 10.0 Å². The van der Waals surface area contributed by atoms with E-state index in [4.69, 9.17) is 27.9 Å². The predicted octanol–water partition coefficient (Wildman–Crippen LogP) is 3.72. The van der Waals surface area contributed by atoms with Crippen molar-refractivity contribution in [3.8, 4) is 0 Å². The van der Waals surface area contributed by atoms with Crippen molar-refractivity contribution in [2.45, 2.75) is 17.7 Å². The third-order valence-electron chi connectivity index (χ3n) is 4.79. The molecule has 1 N–H and O–H groups in total. The fourth-order valence-corrected chi connectivity index (χ4v) is 5.04. The van der Waals surface area contributed by atoms with Crippen molar-refractivity contribution >= 4 is 50.8 Å². The number of carbonyl (C=O) groups is 2. The number of amides is 1. The lowest BCUT2D eigenvalue weighted by Gasteiger charge is -2.30. The molecule has 0 aliphatic carbocycles. The van der Waals surface area contributed by atoms with Gasteiger partial charge >= 0.3 is 5.97 Å². The SMILES string of the molecule is O=C(COC(=O)C1CCN(S(=O)(=O)c2ccc(F)cc2)CC1)Nc1ccc(Cl)cc1Cl. The van der Waals surface area contributed by atoms with Crippen molar-refractivity contribution in [2.24, 2.45) is 5.92 Å². The molecule has 0 unspecified atom stereocenters. The molecule has 2 aromatic rings. The summed E-state index contributed by atoms with van der Waals surface area (Å²) in [5.74, 6) is -2.18. The second kappa shape index (κ2) is 9.95. The van der Waals surface area contributed by atoms with Crippen molar-refractivity contribution in [1.82, 2.24) is 4.31 Å². The summed E-state index contributed by atoms with van der Waals surface area (Å²) in [4.78, 5) is 24.3. The minimum Gasteiger partial charge on any atom is -0.455 e. The highest BCUT2D eigenvalue weighted by Crippen LogP contribution is 2.26. The first-order chi connectivity index (χ1) is 14.7. The van der Waals surface area contributed by atoms with Gasteiger partial charge in [-0.1, -0.05) is 23.2 Å². The maximum atomic E-state index is 13.0. The van der Waals surface area contributed by atoms with E-state index in [-0.39, 0.29) is 35.8 Å². The molecular formula is C20H19Cl2FN2O5S. The van der Waals surface area contributed by atoms with Crippen molar-refractivity contribution in [2.75, 3.05) is 25.0 Å². The van der Waals surface area contributed by atoms with Gasteiger partial charge in [0.15, 0.2) is 6.61 Å². The van der Waals surface area contributed by atoms with Gasteiger partial charge in [-0.2, -0.15) is 4.31 Å². The van der Waals surface area contributed by atoms with Gasteiger partial charge in [0.1, 0.15) is 5.82 Å². The van der Waals surface area contributed by atoms with Crippen LogP contribution in [-0.2, 0) is 24.3 Å². The van der Waals surface area contributed by atoms with Gasteiger partial charge < -0.3 is 10.1 Å². The number of sulfonamides is 1. The Bertz CT molecular complexity index is 1070. The second-order valence-electron chi connectivity index (χ2n) is 6.91. The highest BCUT2D eigenvalue weighted by Gasteiger charge is 2.33. The first kappa shape index (κ1) is 23.5. The maximum absolute atomic E-state index is 13.0. The second-order valence-corrected chi connectivity index (χ2v) is 9.69. The number of nitrogens with zero attached hydrogens (tertiary/aromatic N) is 1. The van der Waals surface area contributed by atoms with Gasteiger partial charge in [-0.15, -0.1) is 0 Å². The van der Waals surface area contributed by atoms with Crippen LogP contribution in [-0.4, -0.2) is 44.3 Å². The summed E-state index contributed by atoms with van der Waals surface area (Å²) in [5, 5.41) is 3.19. The first-order valence-electron chi connectivity index (χ1n) is 9.34. The highest BCUT2D eigenvalue weighted by atomic mass is 35.5. The molecule has 1 aliphatic heterocycles. The van der Waals surface area contributed by atoms with Crippen LogP contribution < -0.4 is 5.32 Å². The molecule has 0 saturated carbocycles. The van der Waals surface area contributed by atoms with Gasteiger partial charge in [0, 0.05) is 18.1 Å². The average Bonchev–Trinajstić information content (AvgIpc) is 2.74. The number of hydrogen-bond donors (Lipinski definition) is 1. The Balaban J connectivity index is 1.48.